The molecule has 0 radical (unpaired) electrons. The predicted octanol–water partition coefficient (Wildman–Crippen LogP) is 0.914. The van der Waals surface area contributed by atoms with Gasteiger partial charge in [-0.3, -0.25) is 0 Å². The van der Waals surface area contributed by atoms with Crippen LogP contribution in [0.2, 0.25) is 0 Å². The van der Waals surface area contributed by atoms with E-state index in [-0.39, 0.29) is 6.61 Å². The Morgan fingerprint density at radius 1 is 1.45 bits per heavy atom. The van der Waals surface area contributed by atoms with E-state index >= 15 is 0 Å². The summed E-state index contributed by atoms with van der Waals surface area (Å²) in [6.07, 6.45) is 1.67. The molecule has 110 valence electrons. The Morgan fingerprint density at radius 2 is 2.00 bits per heavy atom. The first-order valence-corrected chi connectivity index (χ1v) is 6.01. The highest BCUT2D eigenvalue weighted by atomic mass is 32.1. The van der Waals surface area contributed by atoms with Crippen LogP contribution in [0.1, 0.15) is 10.6 Å². The number of carboxylic acid groups (broad SMARTS) is 2. The highest BCUT2D eigenvalue weighted by Gasteiger charge is 2.02. The number of hydrogen-bond acceptors (Lipinski definition) is 7. The highest BCUT2D eigenvalue weighted by molar-refractivity contribution is 7.09. The fourth-order valence-corrected chi connectivity index (χ4v) is 1.68. The minimum atomic E-state index is -1.26. The van der Waals surface area contributed by atoms with Gasteiger partial charge in [-0.1, -0.05) is 0 Å². The molecule has 1 aromatic rings. The standard InChI is InChI=1S/C6H8N2O3S.C4H4O4/c1-5-6(12-4-7-5)2-3-11-8(9)10;5-3(6)1-2-4(7)8/h4H,2-3H2,1H3;1-2H,(H,5,6)(H,7,8). The molecule has 0 saturated heterocycles. The molecule has 1 rings (SSSR count). The Balaban J connectivity index is 0.000000396. The lowest BCUT2D eigenvalue weighted by Gasteiger charge is -1.96. The van der Waals surface area contributed by atoms with Crippen LogP contribution in [-0.4, -0.2) is 38.8 Å². The average Bonchev–Trinajstić information content (AvgIpc) is 2.73. The lowest BCUT2D eigenvalue weighted by atomic mass is 10.3. The molecular formula is C10H12N2O7S. The Labute approximate surface area is 117 Å². The van der Waals surface area contributed by atoms with Gasteiger partial charge in [0.25, 0.3) is 5.09 Å². The molecule has 20 heavy (non-hydrogen) atoms. The van der Waals surface area contributed by atoms with E-state index in [2.05, 4.69) is 9.82 Å². The first-order valence-electron chi connectivity index (χ1n) is 5.13. The number of thiazole rings is 1. The Kier molecular flexibility index (Phi) is 8.27. The second-order valence-corrected chi connectivity index (χ2v) is 4.12. The topological polar surface area (TPSA) is 140 Å². The van der Waals surface area contributed by atoms with Gasteiger partial charge in [0.1, 0.15) is 6.61 Å². The SMILES string of the molecule is Cc1ncsc1CCO[N+](=O)[O-].O=C(O)C=CC(=O)O. The zero-order valence-corrected chi connectivity index (χ0v) is 11.2. The molecule has 0 fully saturated rings. The minimum Gasteiger partial charge on any atom is -0.478 e. The summed E-state index contributed by atoms with van der Waals surface area (Å²) in [5.41, 5.74) is 2.64. The van der Waals surface area contributed by atoms with Crippen molar-refractivity contribution in [2.45, 2.75) is 13.3 Å². The van der Waals surface area contributed by atoms with Gasteiger partial charge in [-0.15, -0.1) is 21.5 Å². The van der Waals surface area contributed by atoms with Crippen LogP contribution in [-0.2, 0) is 20.8 Å². The van der Waals surface area contributed by atoms with Gasteiger partial charge in [0.15, 0.2) is 0 Å². The second-order valence-electron chi connectivity index (χ2n) is 3.18. The summed E-state index contributed by atoms with van der Waals surface area (Å²) in [4.78, 5) is 38.1. The van der Waals surface area contributed by atoms with Gasteiger partial charge in [-0.2, -0.15) is 0 Å². The molecule has 1 heterocycles. The van der Waals surface area contributed by atoms with Gasteiger partial charge in [0, 0.05) is 23.5 Å². The predicted molar refractivity (Wildman–Crippen MR) is 67.9 cm³/mol. The van der Waals surface area contributed by atoms with Gasteiger partial charge < -0.3 is 15.1 Å². The molecule has 0 aliphatic carbocycles. The number of aryl methyl sites for hydroxylation is 1. The van der Waals surface area contributed by atoms with Crippen molar-refractivity contribution < 1.29 is 29.7 Å². The Hall–Kier alpha value is -2.49. The first kappa shape index (κ1) is 17.5. The van der Waals surface area contributed by atoms with Crippen molar-refractivity contribution in [3.05, 3.63) is 38.3 Å². The molecule has 1 aromatic heterocycles. The molecule has 0 aliphatic rings. The molecule has 0 amide bonds. The van der Waals surface area contributed by atoms with E-state index in [0.29, 0.717) is 18.6 Å². The average molecular weight is 304 g/mol. The number of aliphatic carboxylic acids is 2. The quantitative estimate of drug-likeness (QED) is 0.449. The molecule has 2 N–H and O–H groups in total. The highest BCUT2D eigenvalue weighted by Crippen LogP contribution is 2.12. The maximum absolute atomic E-state index is 9.78. The van der Waals surface area contributed by atoms with Crippen molar-refractivity contribution in [2.75, 3.05) is 6.61 Å². The van der Waals surface area contributed by atoms with E-state index < -0.39 is 17.0 Å². The lowest BCUT2D eigenvalue weighted by Crippen LogP contribution is -2.04. The summed E-state index contributed by atoms with van der Waals surface area (Å²) >= 11 is 1.49. The van der Waals surface area contributed by atoms with Crippen molar-refractivity contribution in [3.8, 4) is 0 Å². The van der Waals surface area contributed by atoms with Gasteiger partial charge >= 0.3 is 11.9 Å². The van der Waals surface area contributed by atoms with E-state index in [9.17, 15) is 19.7 Å². The van der Waals surface area contributed by atoms with Crippen molar-refractivity contribution in [1.82, 2.24) is 4.98 Å². The molecule has 0 bridgehead atoms. The summed E-state index contributed by atoms with van der Waals surface area (Å²) < 4.78 is 0. The zero-order chi connectivity index (χ0) is 15.5. The third-order valence-corrected chi connectivity index (χ3v) is 2.73. The smallest absolute Gasteiger partial charge is 0.328 e. The van der Waals surface area contributed by atoms with Crippen LogP contribution in [0, 0.1) is 17.0 Å². The fourth-order valence-electron chi connectivity index (χ4n) is 0.922. The minimum absolute atomic E-state index is 0.107. The number of rotatable bonds is 6. The molecule has 0 aromatic carbocycles. The van der Waals surface area contributed by atoms with E-state index in [0.717, 1.165) is 10.6 Å². The number of carbonyl (C=O) groups is 2. The van der Waals surface area contributed by atoms with Crippen molar-refractivity contribution >= 4 is 23.3 Å². The maximum atomic E-state index is 9.78. The largest absolute Gasteiger partial charge is 0.478 e. The molecule has 10 heteroatoms. The van der Waals surface area contributed by atoms with Crippen molar-refractivity contribution in [3.63, 3.8) is 0 Å². The summed E-state index contributed by atoms with van der Waals surface area (Å²) in [6, 6.07) is 0. The molecule has 0 spiro atoms. The molecule has 0 aliphatic heterocycles. The maximum Gasteiger partial charge on any atom is 0.328 e. The van der Waals surface area contributed by atoms with E-state index in [1.807, 2.05) is 6.92 Å². The second kappa shape index (κ2) is 9.44. The number of aromatic nitrogens is 1. The Morgan fingerprint density at radius 3 is 2.35 bits per heavy atom. The summed E-state index contributed by atoms with van der Waals surface area (Å²) in [7, 11) is 0. The molecule has 0 unspecified atom stereocenters. The van der Waals surface area contributed by atoms with Crippen LogP contribution >= 0.6 is 11.3 Å². The normalized spacial score (nSPS) is 9.65. The Bertz CT molecular complexity index is 482. The summed E-state index contributed by atoms with van der Waals surface area (Å²) in [5, 5.41) is 24.6. The molecule has 9 nitrogen and oxygen atoms in total. The van der Waals surface area contributed by atoms with Crippen LogP contribution < -0.4 is 0 Å². The third-order valence-electron chi connectivity index (χ3n) is 1.74. The van der Waals surface area contributed by atoms with Crippen LogP contribution in [0.4, 0.5) is 0 Å². The van der Waals surface area contributed by atoms with Gasteiger partial charge in [-0.25, -0.2) is 14.6 Å². The fraction of sp³-hybridized carbons (Fsp3) is 0.300. The van der Waals surface area contributed by atoms with Crippen LogP contribution in [0.15, 0.2) is 17.7 Å². The number of carboxylic acids is 2. The number of nitrogens with zero attached hydrogens (tertiary/aromatic N) is 2. The molecular weight excluding hydrogens is 292 g/mol. The van der Waals surface area contributed by atoms with Crippen LogP contribution in [0.5, 0.6) is 0 Å². The van der Waals surface area contributed by atoms with Crippen molar-refractivity contribution in [2.24, 2.45) is 0 Å². The monoisotopic (exact) mass is 304 g/mol. The number of hydrogen-bond donors (Lipinski definition) is 2. The summed E-state index contributed by atoms with van der Waals surface area (Å²) in [6.45, 7) is 1.98. The van der Waals surface area contributed by atoms with Crippen molar-refractivity contribution in [1.29, 1.82) is 0 Å². The van der Waals surface area contributed by atoms with Crippen LogP contribution in [0.25, 0.3) is 0 Å². The van der Waals surface area contributed by atoms with Gasteiger partial charge in [0.05, 0.1) is 11.2 Å². The summed E-state index contributed by atoms with van der Waals surface area (Å²) in [5.74, 6) is -2.51. The van der Waals surface area contributed by atoms with Gasteiger partial charge in [0.2, 0.25) is 0 Å². The molecule has 0 saturated carbocycles. The van der Waals surface area contributed by atoms with E-state index in [4.69, 9.17) is 10.2 Å². The van der Waals surface area contributed by atoms with Crippen LogP contribution in [0.3, 0.4) is 0 Å². The van der Waals surface area contributed by atoms with E-state index in [1.54, 1.807) is 5.51 Å². The lowest BCUT2D eigenvalue weighted by molar-refractivity contribution is -0.757. The van der Waals surface area contributed by atoms with Gasteiger partial charge in [-0.05, 0) is 6.92 Å². The molecule has 0 atom stereocenters. The van der Waals surface area contributed by atoms with E-state index in [1.165, 1.54) is 11.3 Å². The zero-order valence-electron chi connectivity index (χ0n) is 10.4. The first-order chi connectivity index (χ1) is 9.32. The third kappa shape index (κ3) is 9.53.